The van der Waals surface area contributed by atoms with Crippen LogP contribution in [0.4, 0.5) is 4.39 Å². The van der Waals surface area contributed by atoms with Crippen LogP contribution in [0, 0.1) is 17.3 Å². The second kappa shape index (κ2) is 9.71. The minimum absolute atomic E-state index is 0.0186. The first-order valence-corrected chi connectivity index (χ1v) is 8.83. The molecule has 0 atom stereocenters. The highest BCUT2D eigenvalue weighted by Crippen LogP contribution is 2.22. The molecule has 24 heavy (non-hydrogen) atoms. The van der Waals surface area contributed by atoms with Gasteiger partial charge in [0.2, 0.25) is 6.19 Å². The van der Waals surface area contributed by atoms with E-state index >= 15 is 0 Å². The third kappa shape index (κ3) is 5.69. The lowest BCUT2D eigenvalue weighted by molar-refractivity contribution is 0.104. The number of allylic oxidation sites excluding steroid dienone is 1. The predicted molar refractivity (Wildman–Crippen MR) is 98.2 cm³/mol. The number of benzene rings is 2. The van der Waals surface area contributed by atoms with Crippen LogP contribution in [0.3, 0.4) is 0 Å². The summed E-state index contributed by atoms with van der Waals surface area (Å²) >= 11 is 2.56. The summed E-state index contributed by atoms with van der Waals surface area (Å²) in [6, 6.07) is 15.6. The normalized spacial score (nSPS) is 11.4. The number of rotatable bonds is 5. The molecule has 0 aliphatic rings. The molecule has 0 heterocycles. The lowest BCUT2D eigenvalue weighted by Crippen LogP contribution is -1.97. The van der Waals surface area contributed by atoms with Gasteiger partial charge in [0, 0.05) is 5.75 Å². The first-order chi connectivity index (χ1) is 11.7. The number of thioether (sulfide) groups is 2. The molecule has 0 aliphatic heterocycles. The molecule has 0 saturated carbocycles. The van der Waals surface area contributed by atoms with Crippen LogP contribution >= 0.6 is 23.5 Å². The van der Waals surface area contributed by atoms with Crippen LogP contribution in [-0.4, -0.2) is 10.2 Å². The Morgan fingerprint density at radius 1 is 1.17 bits per heavy atom. The summed E-state index contributed by atoms with van der Waals surface area (Å²) < 4.78 is 14.0. The standard InChI is InChI=1S/C18H13FN2OS2/c19-16-9-5-4-8-15(16)17(22)10-11-23-18(21-13-20)24-12-14-6-2-1-3-7-14/h1-11H,12H2/b11-10+,21-18?. The minimum Gasteiger partial charge on any atom is -0.289 e. The molecular formula is C18H13FN2OS2. The molecule has 2 aromatic carbocycles. The summed E-state index contributed by atoms with van der Waals surface area (Å²) in [4.78, 5) is 15.7. The number of carbonyl (C=O) groups is 1. The molecule has 0 spiro atoms. The zero-order chi connectivity index (χ0) is 17.2. The second-order valence-electron chi connectivity index (χ2n) is 4.52. The zero-order valence-electron chi connectivity index (χ0n) is 12.6. The number of aliphatic imine (C=N–C) groups is 1. The third-order valence-electron chi connectivity index (χ3n) is 2.87. The van der Waals surface area contributed by atoms with Crippen LogP contribution in [0.2, 0.25) is 0 Å². The van der Waals surface area contributed by atoms with Crippen molar-refractivity contribution in [3.05, 3.63) is 83.0 Å². The summed E-state index contributed by atoms with van der Waals surface area (Å²) in [6.45, 7) is 0. The van der Waals surface area contributed by atoms with Crippen LogP contribution in [0.15, 0.2) is 71.1 Å². The van der Waals surface area contributed by atoms with Crippen molar-refractivity contribution in [2.24, 2.45) is 4.99 Å². The van der Waals surface area contributed by atoms with E-state index < -0.39 is 11.6 Å². The van der Waals surface area contributed by atoms with Crippen LogP contribution < -0.4 is 0 Å². The SMILES string of the molecule is N#CN=C(S/C=C/C(=O)c1ccccc1F)SCc1ccccc1. The quantitative estimate of drug-likeness (QED) is 0.248. The summed E-state index contributed by atoms with van der Waals surface area (Å²) in [5.41, 5.74) is 1.13. The zero-order valence-corrected chi connectivity index (χ0v) is 14.2. The number of carbonyl (C=O) groups excluding carboxylic acids is 1. The molecule has 0 saturated heterocycles. The smallest absolute Gasteiger partial charge is 0.207 e. The van der Waals surface area contributed by atoms with Crippen molar-refractivity contribution >= 4 is 33.7 Å². The van der Waals surface area contributed by atoms with Gasteiger partial charge in [-0.2, -0.15) is 10.3 Å². The Bertz CT molecular complexity index is 798. The van der Waals surface area contributed by atoms with E-state index in [1.54, 1.807) is 12.3 Å². The molecule has 2 rings (SSSR count). The Hall–Kier alpha value is -2.36. The van der Waals surface area contributed by atoms with E-state index in [4.69, 9.17) is 5.26 Å². The fourth-order valence-corrected chi connectivity index (χ4v) is 3.36. The Kier molecular flexibility index (Phi) is 7.27. The largest absolute Gasteiger partial charge is 0.289 e. The van der Waals surface area contributed by atoms with Gasteiger partial charge in [0.1, 0.15) is 10.2 Å². The van der Waals surface area contributed by atoms with Gasteiger partial charge in [-0.3, -0.25) is 4.79 Å². The first-order valence-electron chi connectivity index (χ1n) is 6.96. The topological polar surface area (TPSA) is 53.2 Å². The fourth-order valence-electron chi connectivity index (χ4n) is 1.76. The van der Waals surface area contributed by atoms with Crippen molar-refractivity contribution in [3.63, 3.8) is 0 Å². The van der Waals surface area contributed by atoms with Gasteiger partial charge in [-0.05, 0) is 29.2 Å². The highest BCUT2D eigenvalue weighted by Gasteiger charge is 2.07. The van der Waals surface area contributed by atoms with Crippen LogP contribution in [-0.2, 0) is 5.75 Å². The van der Waals surface area contributed by atoms with Crippen molar-refractivity contribution < 1.29 is 9.18 Å². The van der Waals surface area contributed by atoms with Gasteiger partial charge in [0.05, 0.1) is 5.56 Å². The van der Waals surface area contributed by atoms with E-state index in [-0.39, 0.29) is 5.56 Å². The molecule has 0 bridgehead atoms. The molecule has 0 radical (unpaired) electrons. The number of nitriles is 1. The minimum atomic E-state index is -0.554. The number of hydrogen-bond donors (Lipinski definition) is 0. The van der Waals surface area contributed by atoms with E-state index in [2.05, 4.69) is 4.99 Å². The maximum atomic E-state index is 13.5. The van der Waals surface area contributed by atoms with Gasteiger partial charge in [0.15, 0.2) is 5.78 Å². The number of hydrogen-bond acceptors (Lipinski definition) is 5. The average molecular weight is 356 g/mol. The van der Waals surface area contributed by atoms with Crippen molar-refractivity contribution in [2.75, 3.05) is 0 Å². The molecule has 0 amide bonds. The maximum Gasteiger partial charge on any atom is 0.207 e. The Labute approximate surface area is 148 Å². The molecule has 120 valence electrons. The van der Waals surface area contributed by atoms with Crippen molar-refractivity contribution in [3.8, 4) is 6.19 Å². The molecule has 2 aromatic rings. The average Bonchev–Trinajstić information content (AvgIpc) is 2.61. The lowest BCUT2D eigenvalue weighted by atomic mass is 10.1. The molecular weight excluding hydrogens is 343 g/mol. The Balaban J connectivity index is 1.94. The van der Waals surface area contributed by atoms with Crippen LogP contribution in [0.5, 0.6) is 0 Å². The second-order valence-corrected chi connectivity index (χ2v) is 6.63. The van der Waals surface area contributed by atoms with Gasteiger partial charge >= 0.3 is 0 Å². The van der Waals surface area contributed by atoms with E-state index in [1.807, 2.05) is 30.3 Å². The van der Waals surface area contributed by atoms with E-state index in [0.717, 1.165) is 17.3 Å². The van der Waals surface area contributed by atoms with Gasteiger partial charge < -0.3 is 0 Å². The highest BCUT2D eigenvalue weighted by atomic mass is 32.2. The van der Waals surface area contributed by atoms with Gasteiger partial charge in [-0.25, -0.2) is 4.39 Å². The van der Waals surface area contributed by atoms with Gasteiger partial charge in [-0.15, -0.1) is 0 Å². The number of halogens is 1. The molecule has 0 aromatic heterocycles. The maximum absolute atomic E-state index is 13.5. The molecule has 3 nitrogen and oxygen atoms in total. The summed E-state index contributed by atoms with van der Waals surface area (Å²) in [5.74, 6) is -0.310. The molecule has 0 unspecified atom stereocenters. The first kappa shape index (κ1) is 18.0. The summed E-state index contributed by atoms with van der Waals surface area (Å²) in [7, 11) is 0. The third-order valence-corrected chi connectivity index (χ3v) is 4.90. The number of ketones is 1. The van der Waals surface area contributed by atoms with Crippen molar-refractivity contribution in [1.29, 1.82) is 5.26 Å². The molecule has 0 fully saturated rings. The predicted octanol–water partition coefficient (Wildman–Crippen LogP) is 5.03. The van der Waals surface area contributed by atoms with Crippen molar-refractivity contribution in [2.45, 2.75) is 5.75 Å². The Morgan fingerprint density at radius 3 is 2.58 bits per heavy atom. The lowest BCUT2D eigenvalue weighted by Gasteiger charge is -2.01. The van der Waals surface area contributed by atoms with Crippen LogP contribution in [0.25, 0.3) is 0 Å². The van der Waals surface area contributed by atoms with Crippen LogP contribution in [0.1, 0.15) is 15.9 Å². The fraction of sp³-hybridized carbons (Fsp3) is 0.0556. The van der Waals surface area contributed by atoms with E-state index in [1.165, 1.54) is 41.4 Å². The van der Waals surface area contributed by atoms with Crippen molar-refractivity contribution in [1.82, 2.24) is 0 Å². The molecule has 6 heteroatoms. The monoisotopic (exact) mass is 356 g/mol. The Morgan fingerprint density at radius 2 is 1.88 bits per heavy atom. The van der Waals surface area contributed by atoms with Gasteiger partial charge in [-0.1, -0.05) is 66.0 Å². The van der Waals surface area contributed by atoms with E-state index in [9.17, 15) is 9.18 Å². The summed E-state index contributed by atoms with van der Waals surface area (Å²) in [6.07, 6.45) is 3.03. The van der Waals surface area contributed by atoms with Gasteiger partial charge in [0.25, 0.3) is 0 Å². The summed E-state index contributed by atoms with van der Waals surface area (Å²) in [5, 5.41) is 10.3. The molecule has 0 N–H and O–H groups in total. The molecule has 0 aliphatic carbocycles. The van der Waals surface area contributed by atoms with E-state index in [0.29, 0.717) is 10.1 Å². The number of nitrogens with zero attached hydrogens (tertiary/aromatic N) is 2. The highest BCUT2D eigenvalue weighted by molar-refractivity contribution is 8.39.